The first-order valence-corrected chi connectivity index (χ1v) is 20.7. The third kappa shape index (κ3) is 9.83. The van der Waals surface area contributed by atoms with Crippen molar-refractivity contribution in [2.45, 2.75) is 117 Å². The van der Waals surface area contributed by atoms with Crippen LogP contribution < -0.4 is 25.1 Å². The van der Waals surface area contributed by atoms with E-state index < -0.39 is 132 Å². The van der Waals surface area contributed by atoms with E-state index in [9.17, 15) is 9.59 Å². The van der Waals surface area contributed by atoms with Gasteiger partial charge in [0.15, 0.2) is 17.5 Å². The van der Waals surface area contributed by atoms with Gasteiger partial charge in [0.1, 0.15) is 23.5 Å². The second-order valence-corrected chi connectivity index (χ2v) is 16.2. The molecule has 7 heterocycles. The van der Waals surface area contributed by atoms with E-state index in [-0.39, 0.29) is 49.3 Å². The van der Waals surface area contributed by atoms with Gasteiger partial charge in [0.25, 0.3) is 0 Å². The smallest absolute Gasteiger partial charge is 0.399 e. The first-order valence-electron chi connectivity index (χ1n) is 35.3. The number of carbonyl (C=O) groups excluding carboxylic acids is 2. The summed E-state index contributed by atoms with van der Waals surface area (Å²) in [6.45, 7) is -21.4. The van der Waals surface area contributed by atoms with Gasteiger partial charge >= 0.3 is 7.12 Å². The second kappa shape index (κ2) is 20.5. The van der Waals surface area contributed by atoms with Crippen molar-refractivity contribution in [3.63, 3.8) is 0 Å². The molecule has 6 aromatic rings. The molecule has 2 amide bonds. The molecule has 0 radical (unpaired) electrons. The Morgan fingerprint density at radius 2 is 1.18 bits per heavy atom. The second-order valence-electron chi connectivity index (χ2n) is 15.8. The van der Waals surface area contributed by atoms with E-state index in [1.54, 1.807) is 36.5 Å². The number of aromatic nitrogens is 6. The first kappa shape index (κ1) is 23.8. The minimum atomic E-state index is -3.92. The maximum Gasteiger partial charge on any atom is 0.495 e. The van der Waals surface area contributed by atoms with Gasteiger partial charge in [-0.2, -0.15) is 4.98 Å². The summed E-state index contributed by atoms with van der Waals surface area (Å²) < 4.78 is 251. The van der Waals surface area contributed by atoms with E-state index >= 15 is 0 Å². The van der Waals surface area contributed by atoms with E-state index in [4.69, 9.17) is 62.0 Å². The Kier molecular flexibility index (Phi) is 7.19. The highest BCUT2D eigenvalue weighted by molar-refractivity contribution is 6.63. The maximum absolute atomic E-state index is 13.9. The highest BCUT2D eigenvalue weighted by atomic mass is 35.5. The monoisotopic (exact) mass is 967 g/mol. The summed E-state index contributed by atoms with van der Waals surface area (Å²) in [6.07, 6.45) is 0.335. The third-order valence-electron chi connectivity index (χ3n) is 11.2. The highest BCUT2D eigenvalue weighted by Crippen LogP contribution is 2.40. The lowest BCUT2D eigenvalue weighted by atomic mass is 9.75. The van der Waals surface area contributed by atoms with E-state index in [0.717, 1.165) is 22.8 Å². The Bertz CT molecular complexity index is 3860. The van der Waals surface area contributed by atoms with Crippen LogP contribution in [0.5, 0.6) is 0 Å². The first-order chi connectivity index (χ1) is 44.3. The van der Waals surface area contributed by atoms with Gasteiger partial charge in [0.05, 0.1) is 26.3 Å². The number of amides is 2. The zero-order valence-electron chi connectivity index (χ0n) is 66.6. The number of hydrogen-bond donors (Lipinski definition) is 0. The Morgan fingerprint density at radius 1 is 0.676 bits per heavy atom. The number of carbonyl (C=O) groups is 2. The van der Waals surface area contributed by atoms with Crippen LogP contribution in [0.4, 0.5) is 23.0 Å². The topological polar surface area (TPSA) is 143 Å². The van der Waals surface area contributed by atoms with Crippen LogP contribution in [0.1, 0.15) is 123 Å². The van der Waals surface area contributed by atoms with Gasteiger partial charge < -0.3 is 28.9 Å². The summed E-state index contributed by atoms with van der Waals surface area (Å²) in [7, 11) is -0.367. The van der Waals surface area contributed by atoms with Crippen LogP contribution in [-0.4, -0.2) is 98.1 Å². The fourth-order valence-electron chi connectivity index (χ4n) is 7.06. The fourth-order valence-corrected chi connectivity index (χ4v) is 7.19. The van der Waals surface area contributed by atoms with Crippen molar-refractivity contribution in [1.82, 2.24) is 29.9 Å². The molecule has 16 heteroatoms. The van der Waals surface area contributed by atoms with Gasteiger partial charge in [-0.3, -0.25) is 19.6 Å². The predicted octanol–water partition coefficient (Wildman–Crippen LogP) is 9.32. The Labute approximate surface area is 448 Å². The number of nitrogens with zero attached hydrogens (tertiary/aromatic N) is 10. The molecule has 1 saturated heterocycles. The zero-order valence-corrected chi connectivity index (χ0v) is 37.4. The largest absolute Gasteiger partial charge is 0.495 e. The van der Waals surface area contributed by atoms with Crippen LogP contribution in [0.2, 0.25) is 5.28 Å². The van der Waals surface area contributed by atoms with Gasteiger partial charge in [-0.15, -0.1) is 0 Å². The van der Waals surface area contributed by atoms with E-state index in [1.807, 2.05) is 30.5 Å². The van der Waals surface area contributed by atoms with E-state index in [1.165, 1.54) is 18.5 Å². The van der Waals surface area contributed by atoms with Gasteiger partial charge in [-0.1, -0.05) is 74.4 Å². The summed E-state index contributed by atoms with van der Waals surface area (Å²) in [6, 6.07) is 8.58. The average Bonchev–Trinajstić information content (AvgIpc) is 0.847. The molecule has 354 valence electrons. The van der Waals surface area contributed by atoms with Crippen molar-refractivity contribution >= 4 is 59.0 Å². The van der Waals surface area contributed by atoms with Crippen molar-refractivity contribution in [1.29, 1.82) is 0 Å². The van der Waals surface area contributed by atoms with Gasteiger partial charge in [-0.05, 0) is 114 Å². The molecule has 0 spiro atoms. The Hall–Kier alpha value is -6.29. The number of rotatable bonds is 8. The van der Waals surface area contributed by atoms with Crippen molar-refractivity contribution < 1.29 is 60.0 Å². The Morgan fingerprint density at radius 3 is 1.71 bits per heavy atom. The van der Waals surface area contributed by atoms with Crippen LogP contribution in [0.3, 0.4) is 0 Å². The molecule has 0 N–H and O–H groups in total. The van der Waals surface area contributed by atoms with Crippen LogP contribution in [0.15, 0.2) is 110 Å². The van der Waals surface area contributed by atoms with E-state index in [0.29, 0.717) is 17.3 Å². The van der Waals surface area contributed by atoms with Crippen molar-refractivity contribution in [2.24, 2.45) is 0 Å². The predicted molar refractivity (Wildman–Crippen MR) is 273 cm³/mol. The SMILES string of the molecule is CC1(C)OB(c2ccncc2-c2ccccc2)OC1(C)C.[2H]C([2H])([2H])N1C(=O)C(C([2H])([2H])C([2H])([2H])[2H])N(C([2H])(C([2H])([2H])[2H])C([2H])([2H])[2H])c2nc(-c3ccncc3-c3ccccc3)ncc21.[2H]C([2H])([2H])N1C(=O)C(C([2H])([2H])C([2H])([2H])[2H])N(C([2H])(C([2H])([2H])[2H])C([2H])([2H])[2H])c2nc(Cl)ncc21. The molecule has 9 rings (SSSR count). The summed E-state index contributed by atoms with van der Waals surface area (Å²) in [5.74, 6) is -5.91. The number of anilines is 4. The number of halogens is 1. The number of benzene rings is 2. The quantitative estimate of drug-likeness (QED) is 0.106. The van der Waals surface area contributed by atoms with Gasteiger partial charge in [0, 0.05) is 100 Å². The highest BCUT2D eigenvalue weighted by Gasteiger charge is 2.52. The molecule has 68 heavy (non-hydrogen) atoms. The molecule has 14 nitrogen and oxygen atoms in total. The normalized spacial score (nSPS) is 26.9. The van der Waals surface area contributed by atoms with Crippen LogP contribution in [0, 0.1) is 0 Å². The number of fused-ring (bicyclic) bond motifs is 2. The molecule has 4 aromatic heterocycles. The molecular formula is C52H62BClN10O4. The van der Waals surface area contributed by atoms with Crippen molar-refractivity contribution in [2.75, 3.05) is 33.6 Å². The molecule has 0 aliphatic carbocycles. The molecule has 1 fully saturated rings. The van der Waals surface area contributed by atoms with E-state index in [2.05, 4.69) is 69.7 Å². The number of pyridine rings is 2. The number of hydrogen-bond acceptors (Lipinski definition) is 12. The molecule has 2 atom stereocenters. The third-order valence-corrected chi connectivity index (χ3v) is 11.4. The lowest BCUT2D eigenvalue weighted by Crippen LogP contribution is -2.54. The van der Waals surface area contributed by atoms with Crippen LogP contribution in [0.25, 0.3) is 33.6 Å². The zero-order chi connectivity index (χ0) is 74.5. The summed E-state index contributed by atoms with van der Waals surface area (Å²) in [5, 5.41) is -0.704. The number of likely N-dealkylation sites (N-methyl/N-ethyl adjacent to an activating group) is 2. The summed E-state index contributed by atoms with van der Waals surface area (Å²) in [4.78, 5) is 50.8. The fraction of sp³-hybridized carbons (Fsp3) is 0.385. The van der Waals surface area contributed by atoms with Gasteiger partial charge in [0.2, 0.25) is 17.1 Å². The van der Waals surface area contributed by atoms with Gasteiger partial charge in [-0.25, -0.2) is 15.0 Å². The maximum atomic E-state index is 13.9. The molecule has 0 bridgehead atoms. The summed E-state index contributed by atoms with van der Waals surface area (Å²) >= 11 is 5.73. The molecule has 2 aromatic carbocycles. The standard InChI is InChI=1S/C23H25N5O.C17H20BNO2.C12H17ClN4O/c1-5-19-23(29)27(4)20-14-25-21(26-22(20)28(19)15(2)3)17-11-12-24-13-18(17)16-9-7-6-8-10-16;1-16(2)17(3,4)21-18(20-16)15-10-11-19-12-14(15)13-8-6-5-7-9-13;1-5-8-11(18)16(4)9-6-14-12(13)15-10(9)17(8)7(2)3/h6-15,19H,5H2,1-4H3;5-12H,1-4H3;6-8H,5H2,1-4H3/i1D3,2D3,3D3,4D3,5D2,15D;;1D3,2D3,3D3,4D3,5D2,7D. The molecule has 0 saturated carbocycles. The summed E-state index contributed by atoms with van der Waals surface area (Å²) in [5.41, 5.74) is 2.19. The average molecular weight is 968 g/mol. The Balaban J connectivity index is 0.000000220. The molecule has 3 aliphatic heterocycles. The van der Waals surface area contributed by atoms with Crippen LogP contribution in [-0.2, 0) is 18.9 Å². The molecular weight excluding hydrogens is 875 g/mol. The molecule has 2 unspecified atom stereocenters. The van der Waals surface area contributed by atoms with Crippen molar-refractivity contribution in [3.8, 4) is 33.6 Å². The lowest BCUT2D eigenvalue weighted by molar-refractivity contribution is -0.120. The lowest BCUT2D eigenvalue weighted by Gasteiger charge is -2.42. The minimum absolute atomic E-state index is 0.0148. The van der Waals surface area contributed by atoms with Crippen LogP contribution >= 0.6 is 11.6 Å². The van der Waals surface area contributed by atoms with Crippen molar-refractivity contribution in [3.05, 3.63) is 115 Å². The molecule has 3 aliphatic rings. The minimum Gasteiger partial charge on any atom is -0.399 e.